The lowest BCUT2D eigenvalue weighted by Crippen LogP contribution is -2.21. The molecule has 0 bridgehead atoms. The van der Waals surface area contributed by atoms with Gasteiger partial charge in [-0.2, -0.15) is 0 Å². The number of benzene rings is 1. The first-order chi connectivity index (χ1) is 12.9. The maximum atomic E-state index is 12.3. The van der Waals surface area contributed by atoms with Crippen LogP contribution in [0.5, 0.6) is 0 Å². The molecule has 0 unspecified atom stereocenters. The predicted octanol–water partition coefficient (Wildman–Crippen LogP) is 4.27. The average molecular weight is 402 g/mol. The minimum Gasteiger partial charge on any atom is -0.451 e. The normalized spacial score (nSPS) is 10.5. The van der Waals surface area contributed by atoms with Crippen molar-refractivity contribution < 1.29 is 14.3 Å². The smallest absolute Gasteiger partial charge is 0.350 e. The summed E-state index contributed by atoms with van der Waals surface area (Å²) in [6.45, 7) is 3.20. The highest BCUT2D eigenvalue weighted by Gasteiger charge is 2.19. The predicted molar refractivity (Wildman–Crippen MR) is 105 cm³/mol. The number of anilines is 1. The van der Waals surface area contributed by atoms with Crippen molar-refractivity contribution >= 4 is 40.5 Å². The number of carbonyl (C=O) groups excluding carboxylic acids is 2. The second kappa shape index (κ2) is 8.28. The molecular formula is C19H16ClN3O3S. The zero-order valence-corrected chi connectivity index (χ0v) is 16.2. The van der Waals surface area contributed by atoms with E-state index in [1.807, 2.05) is 25.1 Å². The average Bonchev–Trinajstić information content (AvgIpc) is 3.05. The summed E-state index contributed by atoms with van der Waals surface area (Å²) in [4.78, 5) is 33.2. The van der Waals surface area contributed by atoms with E-state index in [0.29, 0.717) is 32.0 Å². The largest absolute Gasteiger partial charge is 0.451 e. The lowest BCUT2D eigenvalue weighted by atomic mass is 10.2. The van der Waals surface area contributed by atoms with Crippen molar-refractivity contribution in [3.63, 3.8) is 0 Å². The highest BCUT2D eigenvalue weighted by Crippen LogP contribution is 2.27. The molecule has 2 aromatic heterocycles. The topological polar surface area (TPSA) is 81.2 Å². The summed E-state index contributed by atoms with van der Waals surface area (Å²) in [6.07, 6.45) is 1.66. The maximum Gasteiger partial charge on any atom is 0.350 e. The van der Waals surface area contributed by atoms with Gasteiger partial charge in [0.15, 0.2) is 6.61 Å². The molecule has 0 aliphatic heterocycles. The van der Waals surface area contributed by atoms with Crippen LogP contribution in [0.2, 0.25) is 5.02 Å². The Kier molecular flexibility index (Phi) is 5.83. The van der Waals surface area contributed by atoms with E-state index in [9.17, 15) is 9.59 Å². The van der Waals surface area contributed by atoms with Gasteiger partial charge >= 0.3 is 5.97 Å². The number of amides is 1. The van der Waals surface area contributed by atoms with E-state index in [2.05, 4.69) is 15.3 Å². The molecule has 0 aliphatic carbocycles. The maximum absolute atomic E-state index is 12.3. The molecule has 1 N–H and O–H groups in total. The van der Waals surface area contributed by atoms with E-state index >= 15 is 0 Å². The van der Waals surface area contributed by atoms with Gasteiger partial charge in [0.05, 0.1) is 22.1 Å². The molecule has 0 aliphatic rings. The molecular weight excluding hydrogens is 386 g/mol. The first-order valence-corrected chi connectivity index (χ1v) is 9.25. The summed E-state index contributed by atoms with van der Waals surface area (Å²) in [5.41, 5.74) is 2.66. The zero-order valence-electron chi connectivity index (χ0n) is 14.7. The number of nitrogens with zero attached hydrogens (tertiary/aromatic N) is 2. The SMILES string of the molecule is Cc1ccc(NC(=O)COC(=O)c2sc(-c3ccccn3)nc2C)c(Cl)c1. The monoisotopic (exact) mass is 401 g/mol. The summed E-state index contributed by atoms with van der Waals surface area (Å²) in [6, 6.07) is 10.7. The summed E-state index contributed by atoms with van der Waals surface area (Å²) < 4.78 is 5.11. The van der Waals surface area contributed by atoms with E-state index in [1.165, 1.54) is 11.3 Å². The fourth-order valence-corrected chi connectivity index (χ4v) is 3.51. The Balaban J connectivity index is 1.62. The van der Waals surface area contributed by atoms with Crippen LogP contribution in [-0.2, 0) is 9.53 Å². The number of halogens is 1. The van der Waals surface area contributed by atoms with Gasteiger partial charge in [-0.15, -0.1) is 11.3 Å². The van der Waals surface area contributed by atoms with Crippen LogP contribution in [-0.4, -0.2) is 28.5 Å². The number of esters is 1. The number of ether oxygens (including phenoxy) is 1. The Morgan fingerprint density at radius 1 is 1.22 bits per heavy atom. The second-order valence-electron chi connectivity index (χ2n) is 5.76. The number of aromatic nitrogens is 2. The molecule has 1 aromatic carbocycles. The van der Waals surface area contributed by atoms with Crippen LogP contribution in [0.15, 0.2) is 42.6 Å². The molecule has 2 heterocycles. The van der Waals surface area contributed by atoms with E-state index < -0.39 is 18.5 Å². The van der Waals surface area contributed by atoms with E-state index in [-0.39, 0.29) is 0 Å². The van der Waals surface area contributed by atoms with Crippen LogP contribution in [0, 0.1) is 13.8 Å². The lowest BCUT2D eigenvalue weighted by Gasteiger charge is -2.08. The van der Waals surface area contributed by atoms with Crippen LogP contribution >= 0.6 is 22.9 Å². The Bertz CT molecular complexity index is 989. The van der Waals surface area contributed by atoms with E-state index in [4.69, 9.17) is 16.3 Å². The fraction of sp³-hybridized carbons (Fsp3) is 0.158. The third-order valence-electron chi connectivity index (χ3n) is 3.60. The highest BCUT2D eigenvalue weighted by molar-refractivity contribution is 7.17. The number of thiazole rings is 1. The molecule has 1 amide bonds. The van der Waals surface area contributed by atoms with Gasteiger partial charge in [0.25, 0.3) is 5.91 Å². The van der Waals surface area contributed by atoms with Crippen molar-refractivity contribution in [2.24, 2.45) is 0 Å². The van der Waals surface area contributed by atoms with Crippen molar-refractivity contribution in [3.8, 4) is 10.7 Å². The van der Waals surface area contributed by atoms with Gasteiger partial charge < -0.3 is 10.1 Å². The van der Waals surface area contributed by atoms with Gasteiger partial charge in [0.2, 0.25) is 0 Å². The van der Waals surface area contributed by atoms with Gasteiger partial charge in [0, 0.05) is 6.20 Å². The Hall–Kier alpha value is -2.77. The van der Waals surface area contributed by atoms with Crippen LogP contribution in [0.25, 0.3) is 10.7 Å². The highest BCUT2D eigenvalue weighted by atomic mass is 35.5. The first kappa shape index (κ1) is 19.0. The van der Waals surface area contributed by atoms with Crippen LogP contribution in [0.3, 0.4) is 0 Å². The summed E-state index contributed by atoms with van der Waals surface area (Å²) in [7, 11) is 0. The molecule has 0 atom stereocenters. The number of hydrogen-bond acceptors (Lipinski definition) is 6. The number of nitrogens with one attached hydrogen (secondary N) is 1. The number of rotatable bonds is 5. The van der Waals surface area contributed by atoms with Crippen molar-refractivity contribution in [3.05, 3.63) is 63.8 Å². The quantitative estimate of drug-likeness (QED) is 0.645. The minimum atomic E-state index is -0.600. The third-order valence-corrected chi connectivity index (χ3v) is 5.07. The molecule has 6 nitrogen and oxygen atoms in total. The third kappa shape index (κ3) is 4.69. The molecule has 0 saturated heterocycles. The molecule has 138 valence electrons. The molecule has 0 fully saturated rings. The standard InChI is InChI=1S/C19H16ClN3O3S/c1-11-6-7-14(13(20)9-11)23-16(24)10-26-19(25)17-12(2)22-18(27-17)15-5-3-4-8-21-15/h3-9H,10H2,1-2H3,(H,23,24). The van der Waals surface area contributed by atoms with Gasteiger partial charge in [-0.3, -0.25) is 9.78 Å². The van der Waals surface area contributed by atoms with Gasteiger partial charge in [-0.1, -0.05) is 23.7 Å². The molecule has 0 radical (unpaired) electrons. The van der Waals surface area contributed by atoms with Crippen molar-refractivity contribution in [2.75, 3.05) is 11.9 Å². The Morgan fingerprint density at radius 2 is 2.04 bits per heavy atom. The van der Waals surface area contributed by atoms with Crippen LogP contribution in [0.4, 0.5) is 5.69 Å². The molecule has 0 saturated carbocycles. The molecule has 3 aromatic rings. The number of aryl methyl sites for hydroxylation is 2. The van der Waals surface area contributed by atoms with Gasteiger partial charge in [0.1, 0.15) is 9.88 Å². The number of carbonyl (C=O) groups is 2. The van der Waals surface area contributed by atoms with Gasteiger partial charge in [-0.05, 0) is 43.7 Å². The Labute approximate surface area is 165 Å². The minimum absolute atomic E-state index is 0.344. The second-order valence-corrected chi connectivity index (χ2v) is 7.16. The summed E-state index contributed by atoms with van der Waals surface area (Å²) >= 11 is 7.26. The molecule has 8 heteroatoms. The van der Waals surface area contributed by atoms with Crippen molar-refractivity contribution in [1.29, 1.82) is 0 Å². The molecule has 0 spiro atoms. The number of hydrogen-bond donors (Lipinski definition) is 1. The van der Waals surface area contributed by atoms with Crippen molar-refractivity contribution in [1.82, 2.24) is 9.97 Å². The molecule has 3 rings (SSSR count). The summed E-state index contributed by atoms with van der Waals surface area (Å²) in [5.74, 6) is -1.07. The number of pyridine rings is 1. The zero-order chi connectivity index (χ0) is 19.4. The first-order valence-electron chi connectivity index (χ1n) is 8.06. The van der Waals surface area contributed by atoms with Crippen LogP contribution in [0.1, 0.15) is 20.9 Å². The van der Waals surface area contributed by atoms with Gasteiger partial charge in [-0.25, -0.2) is 9.78 Å². The summed E-state index contributed by atoms with van der Waals surface area (Å²) in [5, 5.41) is 3.66. The van der Waals surface area contributed by atoms with Crippen LogP contribution < -0.4 is 5.32 Å². The van der Waals surface area contributed by atoms with Crippen molar-refractivity contribution in [2.45, 2.75) is 13.8 Å². The lowest BCUT2D eigenvalue weighted by molar-refractivity contribution is -0.119. The molecule has 27 heavy (non-hydrogen) atoms. The van der Waals surface area contributed by atoms with E-state index in [1.54, 1.807) is 31.3 Å². The fourth-order valence-electron chi connectivity index (χ4n) is 2.29. The Morgan fingerprint density at radius 3 is 2.74 bits per heavy atom. The van der Waals surface area contributed by atoms with E-state index in [0.717, 1.165) is 5.56 Å².